The van der Waals surface area contributed by atoms with Gasteiger partial charge in [0.05, 0.1) is 36.0 Å². The van der Waals surface area contributed by atoms with Crippen LogP contribution in [0.25, 0.3) is 11.0 Å². The largest absolute Gasteiger partial charge is 0.497 e. The number of amides is 1. The number of benzene rings is 2. The Morgan fingerprint density at radius 3 is 2.33 bits per heavy atom. The van der Waals surface area contributed by atoms with Gasteiger partial charge in [-0.1, -0.05) is 12.1 Å². The van der Waals surface area contributed by atoms with Crippen molar-refractivity contribution in [2.24, 2.45) is 0 Å². The van der Waals surface area contributed by atoms with E-state index < -0.39 is 0 Å². The Morgan fingerprint density at radius 2 is 1.67 bits per heavy atom. The number of nitrogens with zero attached hydrogens (tertiary/aromatic N) is 2. The second kappa shape index (κ2) is 6.66. The second-order valence-electron chi connectivity index (χ2n) is 5.67. The third-order valence-corrected chi connectivity index (χ3v) is 3.88. The van der Waals surface area contributed by atoms with Crippen molar-refractivity contribution in [2.75, 3.05) is 12.4 Å². The summed E-state index contributed by atoms with van der Waals surface area (Å²) in [6, 6.07) is 13.0. The van der Waals surface area contributed by atoms with E-state index >= 15 is 0 Å². The van der Waals surface area contributed by atoms with Gasteiger partial charge in [0, 0.05) is 5.69 Å². The molecule has 0 radical (unpaired) electrons. The number of ether oxygens (including phenoxy) is 1. The number of fused-ring (bicyclic) bond motifs is 1. The highest BCUT2D eigenvalue weighted by Gasteiger charge is 2.07. The molecular weight excluding hydrogens is 302 g/mol. The molecule has 1 N–H and O–H groups in total. The number of nitrogens with one attached hydrogen (secondary N) is 1. The number of anilines is 1. The number of rotatable bonds is 4. The van der Waals surface area contributed by atoms with Crippen molar-refractivity contribution in [2.45, 2.75) is 20.3 Å². The molecule has 2 aromatic carbocycles. The summed E-state index contributed by atoms with van der Waals surface area (Å²) in [4.78, 5) is 21.2. The molecular formula is C19H19N3O2. The molecule has 0 atom stereocenters. The number of aromatic nitrogens is 2. The summed E-state index contributed by atoms with van der Waals surface area (Å²) in [5.41, 5.74) is 5.06. The highest BCUT2D eigenvalue weighted by Crippen LogP contribution is 2.18. The van der Waals surface area contributed by atoms with Crippen molar-refractivity contribution in [3.05, 3.63) is 59.4 Å². The van der Waals surface area contributed by atoms with Crippen LogP contribution in [-0.2, 0) is 11.2 Å². The monoisotopic (exact) mass is 321 g/mol. The molecule has 0 saturated carbocycles. The van der Waals surface area contributed by atoms with Crippen LogP contribution in [0, 0.1) is 13.8 Å². The molecule has 24 heavy (non-hydrogen) atoms. The second-order valence-corrected chi connectivity index (χ2v) is 5.67. The standard InChI is InChI=1S/C19H19N3O2/c1-12-13(2)21-18-11-15(6-9-17(18)20-12)22-19(23)10-14-4-7-16(24-3)8-5-14/h4-9,11H,10H2,1-3H3,(H,22,23). The molecule has 0 aliphatic rings. The van der Waals surface area contributed by atoms with Crippen LogP contribution >= 0.6 is 0 Å². The lowest BCUT2D eigenvalue weighted by Gasteiger charge is -2.08. The summed E-state index contributed by atoms with van der Waals surface area (Å²) in [5, 5.41) is 2.91. The van der Waals surface area contributed by atoms with Gasteiger partial charge >= 0.3 is 0 Å². The molecule has 1 aromatic heterocycles. The topological polar surface area (TPSA) is 64.1 Å². The molecule has 0 saturated heterocycles. The summed E-state index contributed by atoms with van der Waals surface area (Å²) in [7, 11) is 1.62. The molecule has 3 rings (SSSR count). The van der Waals surface area contributed by atoms with Crippen molar-refractivity contribution < 1.29 is 9.53 Å². The number of carbonyl (C=O) groups excluding carboxylic acids is 1. The molecule has 122 valence electrons. The SMILES string of the molecule is COc1ccc(CC(=O)Nc2ccc3nc(C)c(C)nc3c2)cc1. The van der Waals surface area contributed by atoms with E-state index in [2.05, 4.69) is 15.3 Å². The molecule has 0 bridgehead atoms. The van der Waals surface area contributed by atoms with Crippen molar-refractivity contribution in [3.8, 4) is 5.75 Å². The summed E-state index contributed by atoms with van der Waals surface area (Å²) < 4.78 is 5.12. The average molecular weight is 321 g/mol. The summed E-state index contributed by atoms with van der Waals surface area (Å²) in [6.45, 7) is 3.86. The van der Waals surface area contributed by atoms with E-state index in [-0.39, 0.29) is 5.91 Å². The first-order valence-corrected chi connectivity index (χ1v) is 7.73. The van der Waals surface area contributed by atoms with E-state index in [0.717, 1.165) is 39.4 Å². The van der Waals surface area contributed by atoms with E-state index in [1.165, 1.54) is 0 Å². The van der Waals surface area contributed by atoms with Crippen LogP contribution in [0.5, 0.6) is 5.75 Å². The molecule has 0 aliphatic heterocycles. The van der Waals surface area contributed by atoms with Gasteiger partial charge in [-0.25, -0.2) is 9.97 Å². The number of aryl methyl sites for hydroxylation is 2. The summed E-state index contributed by atoms with van der Waals surface area (Å²) in [5.74, 6) is 0.703. The molecule has 3 aromatic rings. The first-order chi connectivity index (χ1) is 11.5. The van der Waals surface area contributed by atoms with Gasteiger partial charge in [-0.15, -0.1) is 0 Å². The molecule has 1 heterocycles. The molecule has 0 unspecified atom stereocenters. The zero-order valence-electron chi connectivity index (χ0n) is 14.0. The molecule has 0 aliphatic carbocycles. The van der Waals surface area contributed by atoms with Gasteiger partial charge in [-0.2, -0.15) is 0 Å². The van der Waals surface area contributed by atoms with Gasteiger partial charge < -0.3 is 10.1 Å². The molecule has 5 heteroatoms. The predicted octanol–water partition coefficient (Wildman–Crippen LogP) is 3.44. The molecule has 0 spiro atoms. The lowest BCUT2D eigenvalue weighted by molar-refractivity contribution is -0.115. The maximum atomic E-state index is 12.2. The van der Waals surface area contributed by atoms with Gasteiger partial charge in [-0.05, 0) is 49.7 Å². The normalized spacial score (nSPS) is 10.6. The zero-order valence-corrected chi connectivity index (χ0v) is 14.0. The van der Waals surface area contributed by atoms with E-state index in [4.69, 9.17) is 4.74 Å². The van der Waals surface area contributed by atoms with Gasteiger partial charge in [-0.3, -0.25) is 4.79 Å². The lowest BCUT2D eigenvalue weighted by atomic mass is 10.1. The Kier molecular flexibility index (Phi) is 4.42. The van der Waals surface area contributed by atoms with Crippen LogP contribution in [0.3, 0.4) is 0 Å². The van der Waals surface area contributed by atoms with Crippen molar-refractivity contribution in [3.63, 3.8) is 0 Å². The number of carbonyl (C=O) groups is 1. The fraction of sp³-hybridized carbons (Fsp3) is 0.211. The number of hydrogen-bond acceptors (Lipinski definition) is 4. The Balaban J connectivity index is 1.73. The van der Waals surface area contributed by atoms with Crippen LogP contribution in [0.15, 0.2) is 42.5 Å². The van der Waals surface area contributed by atoms with Gasteiger partial charge in [0.1, 0.15) is 5.75 Å². The first-order valence-electron chi connectivity index (χ1n) is 7.73. The lowest BCUT2D eigenvalue weighted by Crippen LogP contribution is -2.14. The van der Waals surface area contributed by atoms with E-state index in [1.54, 1.807) is 7.11 Å². The Hall–Kier alpha value is -2.95. The number of methoxy groups -OCH3 is 1. The van der Waals surface area contributed by atoms with E-state index in [1.807, 2.05) is 56.3 Å². The molecule has 5 nitrogen and oxygen atoms in total. The predicted molar refractivity (Wildman–Crippen MR) is 94.3 cm³/mol. The maximum Gasteiger partial charge on any atom is 0.228 e. The smallest absolute Gasteiger partial charge is 0.228 e. The van der Waals surface area contributed by atoms with Gasteiger partial charge in [0.25, 0.3) is 0 Å². The number of hydrogen-bond donors (Lipinski definition) is 1. The Morgan fingerprint density at radius 1 is 1.00 bits per heavy atom. The van der Waals surface area contributed by atoms with Crippen LogP contribution < -0.4 is 10.1 Å². The van der Waals surface area contributed by atoms with Crippen molar-refractivity contribution in [1.29, 1.82) is 0 Å². The van der Waals surface area contributed by atoms with Crippen LogP contribution in [-0.4, -0.2) is 23.0 Å². The van der Waals surface area contributed by atoms with Crippen LogP contribution in [0.2, 0.25) is 0 Å². The Bertz CT molecular complexity index is 889. The summed E-state index contributed by atoms with van der Waals surface area (Å²) >= 11 is 0. The van der Waals surface area contributed by atoms with Gasteiger partial charge in [0.2, 0.25) is 5.91 Å². The van der Waals surface area contributed by atoms with Crippen LogP contribution in [0.4, 0.5) is 5.69 Å². The molecule has 0 fully saturated rings. The first kappa shape index (κ1) is 15.9. The fourth-order valence-electron chi connectivity index (χ4n) is 2.44. The maximum absolute atomic E-state index is 12.2. The van der Waals surface area contributed by atoms with Crippen LogP contribution in [0.1, 0.15) is 17.0 Å². The quantitative estimate of drug-likeness (QED) is 0.799. The minimum absolute atomic E-state index is 0.0729. The minimum atomic E-state index is -0.0729. The average Bonchev–Trinajstić information content (AvgIpc) is 2.57. The van der Waals surface area contributed by atoms with Crippen molar-refractivity contribution >= 4 is 22.6 Å². The third-order valence-electron chi connectivity index (χ3n) is 3.88. The zero-order chi connectivity index (χ0) is 17.1. The molecule has 1 amide bonds. The minimum Gasteiger partial charge on any atom is -0.497 e. The highest BCUT2D eigenvalue weighted by molar-refractivity contribution is 5.94. The highest BCUT2D eigenvalue weighted by atomic mass is 16.5. The summed E-state index contributed by atoms with van der Waals surface area (Å²) in [6.07, 6.45) is 0.306. The Labute approximate surface area is 140 Å². The van der Waals surface area contributed by atoms with E-state index in [0.29, 0.717) is 6.42 Å². The van der Waals surface area contributed by atoms with Gasteiger partial charge in [0.15, 0.2) is 0 Å². The van der Waals surface area contributed by atoms with E-state index in [9.17, 15) is 4.79 Å². The fourth-order valence-corrected chi connectivity index (χ4v) is 2.44. The van der Waals surface area contributed by atoms with Crippen molar-refractivity contribution in [1.82, 2.24) is 9.97 Å². The third kappa shape index (κ3) is 3.51.